The molecule has 0 aromatic heterocycles. The molecule has 2 rings (SSSR count). The van der Waals surface area contributed by atoms with Crippen LogP contribution in [0.1, 0.15) is 18.1 Å². The van der Waals surface area contributed by atoms with Crippen LogP contribution in [0.4, 0.5) is 4.39 Å². The van der Waals surface area contributed by atoms with Crippen molar-refractivity contribution in [3.63, 3.8) is 0 Å². The summed E-state index contributed by atoms with van der Waals surface area (Å²) < 4.78 is 29.7. The summed E-state index contributed by atoms with van der Waals surface area (Å²) in [5.41, 5.74) is 2.84. The van der Waals surface area contributed by atoms with Gasteiger partial charge >= 0.3 is 0 Å². The summed E-state index contributed by atoms with van der Waals surface area (Å²) >= 11 is 0. The molecule has 0 aliphatic rings. The van der Waals surface area contributed by atoms with Crippen molar-refractivity contribution in [3.8, 4) is 17.2 Å². The zero-order valence-electron chi connectivity index (χ0n) is 14.9. The van der Waals surface area contributed by atoms with Gasteiger partial charge in [0, 0.05) is 13.1 Å². The Hall–Kier alpha value is -2.53. The fourth-order valence-corrected chi connectivity index (χ4v) is 2.32. The van der Waals surface area contributed by atoms with Gasteiger partial charge in [-0.2, -0.15) is 0 Å². The largest absolute Gasteiger partial charge is 0.494 e. The molecule has 134 valence electrons. The van der Waals surface area contributed by atoms with Gasteiger partial charge in [0.1, 0.15) is 6.61 Å². The molecule has 0 aliphatic heterocycles. The molecule has 2 aromatic rings. The fourth-order valence-electron chi connectivity index (χ4n) is 2.32. The van der Waals surface area contributed by atoms with Crippen LogP contribution >= 0.6 is 0 Å². The van der Waals surface area contributed by atoms with Crippen LogP contribution in [-0.2, 0) is 13.1 Å². The molecule has 0 bridgehead atoms. The number of halogens is 1. The monoisotopic (exact) mass is 345 g/mol. The molecule has 0 unspecified atom stereocenters. The van der Waals surface area contributed by atoms with Crippen LogP contribution in [0.25, 0.3) is 0 Å². The lowest BCUT2D eigenvalue weighted by Gasteiger charge is -2.13. The van der Waals surface area contributed by atoms with Gasteiger partial charge in [0.05, 0.1) is 14.2 Å². The molecule has 0 heterocycles. The van der Waals surface area contributed by atoms with Gasteiger partial charge in [-0.05, 0) is 47.9 Å². The number of nitrogens with one attached hydrogen (secondary N) is 1. The predicted molar refractivity (Wildman–Crippen MR) is 96.8 cm³/mol. The molecule has 0 spiro atoms. The third-order valence-electron chi connectivity index (χ3n) is 3.58. The summed E-state index contributed by atoms with van der Waals surface area (Å²) in [6.07, 6.45) is 0. The van der Waals surface area contributed by atoms with Crippen LogP contribution in [0.5, 0.6) is 17.2 Å². The Morgan fingerprint density at radius 2 is 1.56 bits per heavy atom. The molecule has 0 aliphatic carbocycles. The molecule has 0 fully saturated rings. The van der Waals surface area contributed by atoms with E-state index >= 15 is 0 Å². The third-order valence-corrected chi connectivity index (χ3v) is 3.58. The summed E-state index contributed by atoms with van der Waals surface area (Å²) in [6.45, 7) is 7.36. The standard InChI is InChI=1S/C20H24FNO3/c1-14(2)13-25-20-10-16(6-8-19(20)24-4)12-22-11-15-5-7-18(23-3)17(21)9-15/h5-10,22H,1,11-13H2,2-4H3. The summed E-state index contributed by atoms with van der Waals surface area (Å²) in [4.78, 5) is 0. The molecule has 2 aromatic carbocycles. The van der Waals surface area contributed by atoms with Crippen molar-refractivity contribution in [1.29, 1.82) is 0 Å². The van der Waals surface area contributed by atoms with E-state index in [2.05, 4.69) is 11.9 Å². The minimum atomic E-state index is -0.360. The van der Waals surface area contributed by atoms with Gasteiger partial charge in [0.2, 0.25) is 0 Å². The quantitative estimate of drug-likeness (QED) is 0.695. The summed E-state index contributed by atoms with van der Waals surface area (Å²) in [6, 6.07) is 10.7. The van der Waals surface area contributed by atoms with Gasteiger partial charge in [-0.25, -0.2) is 4.39 Å². The number of hydrogen-bond donors (Lipinski definition) is 1. The molecule has 1 N–H and O–H groups in total. The van der Waals surface area contributed by atoms with Crippen LogP contribution in [-0.4, -0.2) is 20.8 Å². The Labute approximate surface area is 148 Å². The highest BCUT2D eigenvalue weighted by atomic mass is 19.1. The highest BCUT2D eigenvalue weighted by Gasteiger charge is 2.07. The normalized spacial score (nSPS) is 10.4. The van der Waals surface area contributed by atoms with Crippen molar-refractivity contribution in [1.82, 2.24) is 5.32 Å². The van der Waals surface area contributed by atoms with E-state index < -0.39 is 0 Å². The molecule has 0 amide bonds. The van der Waals surface area contributed by atoms with Crippen molar-refractivity contribution < 1.29 is 18.6 Å². The second kappa shape index (κ2) is 9.08. The van der Waals surface area contributed by atoms with Gasteiger partial charge in [0.15, 0.2) is 23.1 Å². The van der Waals surface area contributed by atoms with Crippen molar-refractivity contribution in [3.05, 3.63) is 65.5 Å². The van der Waals surface area contributed by atoms with Crippen molar-refractivity contribution in [2.24, 2.45) is 0 Å². The van der Waals surface area contributed by atoms with Gasteiger partial charge in [-0.3, -0.25) is 0 Å². The average molecular weight is 345 g/mol. The Morgan fingerprint density at radius 1 is 0.960 bits per heavy atom. The lowest BCUT2D eigenvalue weighted by molar-refractivity contribution is 0.319. The maximum atomic E-state index is 13.7. The lowest BCUT2D eigenvalue weighted by Crippen LogP contribution is -2.13. The van der Waals surface area contributed by atoms with Gasteiger partial charge in [-0.15, -0.1) is 0 Å². The van der Waals surface area contributed by atoms with E-state index in [0.29, 0.717) is 31.2 Å². The molecular formula is C20H24FNO3. The van der Waals surface area contributed by atoms with Crippen LogP contribution in [0, 0.1) is 5.82 Å². The second-order valence-corrected chi connectivity index (χ2v) is 5.80. The van der Waals surface area contributed by atoms with Gasteiger partial charge in [0.25, 0.3) is 0 Å². The van der Waals surface area contributed by atoms with E-state index in [1.807, 2.05) is 31.2 Å². The maximum absolute atomic E-state index is 13.7. The first kappa shape index (κ1) is 18.8. The molecule has 4 nitrogen and oxygen atoms in total. The van der Waals surface area contributed by atoms with Crippen LogP contribution < -0.4 is 19.5 Å². The van der Waals surface area contributed by atoms with Crippen molar-refractivity contribution >= 4 is 0 Å². The second-order valence-electron chi connectivity index (χ2n) is 5.80. The van der Waals surface area contributed by atoms with Gasteiger partial charge in [-0.1, -0.05) is 18.7 Å². The fraction of sp³-hybridized carbons (Fsp3) is 0.300. The molecular weight excluding hydrogens is 321 g/mol. The number of rotatable bonds is 9. The minimum Gasteiger partial charge on any atom is -0.494 e. The zero-order chi connectivity index (χ0) is 18.2. The first-order valence-corrected chi connectivity index (χ1v) is 8.00. The Balaban J connectivity index is 1.97. The van der Waals surface area contributed by atoms with E-state index in [9.17, 15) is 4.39 Å². The van der Waals surface area contributed by atoms with Crippen LogP contribution in [0.3, 0.4) is 0 Å². The smallest absolute Gasteiger partial charge is 0.165 e. The lowest BCUT2D eigenvalue weighted by atomic mass is 10.1. The Morgan fingerprint density at radius 3 is 2.12 bits per heavy atom. The number of ether oxygens (including phenoxy) is 3. The van der Waals surface area contributed by atoms with E-state index in [1.165, 1.54) is 13.2 Å². The highest BCUT2D eigenvalue weighted by molar-refractivity contribution is 5.43. The number of benzene rings is 2. The Bertz CT molecular complexity index is 731. The predicted octanol–water partition coefficient (Wildman–Crippen LogP) is 4.09. The maximum Gasteiger partial charge on any atom is 0.165 e. The average Bonchev–Trinajstić information content (AvgIpc) is 2.60. The summed E-state index contributed by atoms with van der Waals surface area (Å²) in [5.74, 6) is 1.25. The summed E-state index contributed by atoms with van der Waals surface area (Å²) in [7, 11) is 3.06. The van der Waals surface area contributed by atoms with E-state index in [0.717, 1.165) is 16.7 Å². The minimum absolute atomic E-state index is 0.248. The Kier molecular flexibility index (Phi) is 6.83. The molecule has 0 radical (unpaired) electrons. The molecule has 0 saturated heterocycles. The van der Waals surface area contributed by atoms with Crippen molar-refractivity contribution in [2.75, 3.05) is 20.8 Å². The zero-order valence-corrected chi connectivity index (χ0v) is 14.9. The molecule has 0 atom stereocenters. The topological polar surface area (TPSA) is 39.7 Å². The van der Waals surface area contributed by atoms with Crippen molar-refractivity contribution in [2.45, 2.75) is 20.0 Å². The van der Waals surface area contributed by atoms with E-state index in [1.54, 1.807) is 13.2 Å². The third kappa shape index (κ3) is 5.50. The van der Waals surface area contributed by atoms with Crippen LogP contribution in [0.15, 0.2) is 48.6 Å². The number of hydrogen-bond acceptors (Lipinski definition) is 4. The summed E-state index contributed by atoms with van der Waals surface area (Å²) in [5, 5.41) is 3.29. The first-order valence-electron chi connectivity index (χ1n) is 8.00. The molecule has 5 heteroatoms. The molecule has 0 saturated carbocycles. The van der Waals surface area contributed by atoms with E-state index in [4.69, 9.17) is 14.2 Å². The van der Waals surface area contributed by atoms with Gasteiger partial charge < -0.3 is 19.5 Å². The SMILES string of the molecule is C=C(C)COc1cc(CNCc2ccc(OC)c(F)c2)ccc1OC. The number of methoxy groups -OCH3 is 2. The van der Waals surface area contributed by atoms with Crippen LogP contribution in [0.2, 0.25) is 0 Å². The van der Waals surface area contributed by atoms with E-state index in [-0.39, 0.29) is 11.6 Å². The first-order chi connectivity index (χ1) is 12.0. The highest BCUT2D eigenvalue weighted by Crippen LogP contribution is 2.28. The molecule has 25 heavy (non-hydrogen) atoms.